The number of hydrogen-bond acceptors (Lipinski definition) is 4. The summed E-state index contributed by atoms with van der Waals surface area (Å²) in [5.74, 6) is 0.405. The summed E-state index contributed by atoms with van der Waals surface area (Å²) in [6.45, 7) is 1.53. The Kier molecular flexibility index (Phi) is 6.13. The maximum atomic E-state index is 13.0. The van der Waals surface area contributed by atoms with Crippen LogP contribution >= 0.6 is 0 Å². The molecule has 0 bridgehead atoms. The summed E-state index contributed by atoms with van der Waals surface area (Å²) in [5.41, 5.74) is 2.60. The average molecular weight is 427 g/mol. The molecule has 0 atom stereocenters. The van der Waals surface area contributed by atoms with E-state index in [1.807, 2.05) is 18.2 Å². The number of rotatable bonds is 6. The first-order valence-electron chi connectivity index (χ1n) is 9.64. The smallest absolute Gasteiger partial charge is 0.243 e. The normalized spacial score (nSPS) is 14.6. The Bertz CT molecular complexity index is 1100. The molecule has 3 aromatic rings. The summed E-state index contributed by atoms with van der Waals surface area (Å²) < 4.78 is 52.0. The van der Waals surface area contributed by atoms with Gasteiger partial charge in [0.2, 0.25) is 10.0 Å². The lowest BCUT2D eigenvalue weighted by Crippen LogP contribution is -2.32. The van der Waals surface area contributed by atoms with E-state index in [4.69, 9.17) is 9.47 Å². The second-order valence-corrected chi connectivity index (χ2v) is 9.00. The maximum absolute atomic E-state index is 13.0. The molecule has 0 aliphatic carbocycles. The number of nitrogens with zero attached hydrogens (tertiary/aromatic N) is 1. The van der Waals surface area contributed by atoms with E-state index < -0.39 is 10.0 Å². The summed E-state index contributed by atoms with van der Waals surface area (Å²) in [6, 6.07) is 20.3. The molecule has 0 fully saturated rings. The number of halogens is 1. The predicted octanol–water partition coefficient (Wildman–Crippen LogP) is 4.13. The third-order valence-electron chi connectivity index (χ3n) is 4.90. The highest BCUT2D eigenvalue weighted by Crippen LogP contribution is 2.28. The van der Waals surface area contributed by atoms with Crippen molar-refractivity contribution in [1.82, 2.24) is 4.31 Å². The lowest BCUT2D eigenvalue weighted by Gasteiger charge is -2.19. The molecule has 30 heavy (non-hydrogen) atoms. The van der Waals surface area contributed by atoms with Gasteiger partial charge in [0.25, 0.3) is 0 Å². The van der Waals surface area contributed by atoms with Crippen LogP contribution in [0.1, 0.15) is 16.7 Å². The minimum atomic E-state index is -3.61. The molecular weight excluding hydrogens is 405 g/mol. The van der Waals surface area contributed by atoms with Crippen LogP contribution in [0.4, 0.5) is 4.39 Å². The van der Waals surface area contributed by atoms with Gasteiger partial charge in [-0.1, -0.05) is 36.4 Å². The Morgan fingerprint density at radius 1 is 0.933 bits per heavy atom. The van der Waals surface area contributed by atoms with E-state index in [0.29, 0.717) is 25.6 Å². The zero-order valence-electron chi connectivity index (χ0n) is 16.3. The Morgan fingerprint density at radius 2 is 1.63 bits per heavy atom. The summed E-state index contributed by atoms with van der Waals surface area (Å²) in [5, 5.41) is 0. The fraction of sp³-hybridized carbons (Fsp3) is 0.217. The zero-order chi connectivity index (χ0) is 21.0. The van der Waals surface area contributed by atoms with Crippen molar-refractivity contribution >= 4 is 10.0 Å². The van der Waals surface area contributed by atoms with Gasteiger partial charge < -0.3 is 9.47 Å². The van der Waals surface area contributed by atoms with Crippen molar-refractivity contribution in [1.29, 1.82) is 0 Å². The molecule has 7 heteroatoms. The molecule has 0 N–H and O–H groups in total. The van der Waals surface area contributed by atoms with E-state index in [1.165, 1.54) is 16.4 Å². The van der Waals surface area contributed by atoms with Crippen LogP contribution in [0.3, 0.4) is 0 Å². The first kappa shape index (κ1) is 20.5. The molecule has 3 aromatic carbocycles. The van der Waals surface area contributed by atoms with Gasteiger partial charge in [-0.2, -0.15) is 4.31 Å². The van der Waals surface area contributed by atoms with Crippen LogP contribution in [0.5, 0.6) is 5.75 Å². The molecule has 0 amide bonds. The van der Waals surface area contributed by atoms with Gasteiger partial charge in [-0.25, -0.2) is 12.8 Å². The molecule has 0 saturated carbocycles. The number of benzene rings is 3. The third kappa shape index (κ3) is 4.70. The lowest BCUT2D eigenvalue weighted by atomic mass is 10.1. The van der Waals surface area contributed by atoms with Crippen LogP contribution in [0.15, 0.2) is 77.7 Å². The van der Waals surface area contributed by atoms with E-state index in [9.17, 15) is 12.8 Å². The Morgan fingerprint density at radius 3 is 2.40 bits per heavy atom. The van der Waals surface area contributed by atoms with Crippen molar-refractivity contribution in [2.75, 3.05) is 13.2 Å². The summed E-state index contributed by atoms with van der Waals surface area (Å²) in [6.07, 6.45) is 0. The standard InChI is InChI=1S/C23H22FNO4S/c24-21-9-6-18(7-10-21)16-28-17-19-8-11-23-20(14-19)15-25(12-13-29-23)30(26,27)22-4-2-1-3-5-22/h1-11,14H,12-13,15-17H2. The highest BCUT2D eigenvalue weighted by Gasteiger charge is 2.27. The molecule has 0 radical (unpaired) electrons. The van der Waals surface area contributed by atoms with Gasteiger partial charge >= 0.3 is 0 Å². The van der Waals surface area contributed by atoms with Crippen molar-refractivity contribution in [3.63, 3.8) is 0 Å². The van der Waals surface area contributed by atoms with Crippen LogP contribution in [0.25, 0.3) is 0 Å². The molecule has 0 spiro atoms. The van der Waals surface area contributed by atoms with Gasteiger partial charge in [0, 0.05) is 18.7 Å². The molecule has 0 aromatic heterocycles. The van der Waals surface area contributed by atoms with E-state index in [0.717, 1.165) is 16.7 Å². The number of fused-ring (bicyclic) bond motifs is 1. The van der Waals surface area contributed by atoms with Crippen molar-refractivity contribution < 1.29 is 22.3 Å². The molecule has 1 aliphatic heterocycles. The monoisotopic (exact) mass is 427 g/mol. The van der Waals surface area contributed by atoms with Gasteiger partial charge in [0.05, 0.1) is 18.1 Å². The maximum Gasteiger partial charge on any atom is 0.243 e. The zero-order valence-corrected chi connectivity index (χ0v) is 17.1. The summed E-state index contributed by atoms with van der Waals surface area (Å²) >= 11 is 0. The van der Waals surface area contributed by atoms with Gasteiger partial charge in [0.1, 0.15) is 18.2 Å². The van der Waals surface area contributed by atoms with Crippen LogP contribution in [0, 0.1) is 5.82 Å². The van der Waals surface area contributed by atoms with Crippen LogP contribution in [0.2, 0.25) is 0 Å². The van der Waals surface area contributed by atoms with Crippen molar-refractivity contribution in [3.05, 3.63) is 95.3 Å². The van der Waals surface area contributed by atoms with Crippen LogP contribution in [-0.4, -0.2) is 25.9 Å². The van der Waals surface area contributed by atoms with E-state index in [1.54, 1.807) is 42.5 Å². The largest absolute Gasteiger partial charge is 0.492 e. The number of hydrogen-bond donors (Lipinski definition) is 0. The van der Waals surface area contributed by atoms with Gasteiger partial charge in [-0.3, -0.25) is 0 Å². The molecule has 1 aliphatic rings. The quantitative estimate of drug-likeness (QED) is 0.594. The third-order valence-corrected chi connectivity index (χ3v) is 6.76. The first-order chi connectivity index (χ1) is 14.5. The number of sulfonamides is 1. The van der Waals surface area contributed by atoms with Gasteiger partial charge in [-0.05, 0) is 47.5 Å². The Balaban J connectivity index is 1.47. The molecular formula is C23H22FNO4S. The number of ether oxygens (including phenoxy) is 2. The molecule has 0 unspecified atom stereocenters. The van der Waals surface area contributed by atoms with Crippen molar-refractivity contribution in [2.24, 2.45) is 0 Å². The molecule has 1 heterocycles. The lowest BCUT2D eigenvalue weighted by molar-refractivity contribution is 0.107. The SMILES string of the molecule is O=S(=O)(c1ccccc1)N1CCOc2ccc(COCc3ccc(F)cc3)cc2C1. The molecule has 4 rings (SSSR count). The summed E-state index contributed by atoms with van der Waals surface area (Å²) in [4.78, 5) is 0.271. The topological polar surface area (TPSA) is 55.8 Å². The highest BCUT2D eigenvalue weighted by atomic mass is 32.2. The Hall–Kier alpha value is -2.74. The minimum absolute atomic E-state index is 0.234. The first-order valence-corrected chi connectivity index (χ1v) is 11.1. The molecule has 5 nitrogen and oxygen atoms in total. The second kappa shape index (κ2) is 8.95. The van der Waals surface area contributed by atoms with E-state index >= 15 is 0 Å². The predicted molar refractivity (Wildman–Crippen MR) is 111 cm³/mol. The van der Waals surface area contributed by atoms with E-state index in [-0.39, 0.29) is 23.8 Å². The molecule has 0 saturated heterocycles. The minimum Gasteiger partial charge on any atom is -0.492 e. The fourth-order valence-electron chi connectivity index (χ4n) is 3.33. The summed E-state index contributed by atoms with van der Waals surface area (Å²) in [7, 11) is -3.61. The second-order valence-electron chi connectivity index (χ2n) is 7.06. The average Bonchev–Trinajstić information content (AvgIpc) is 2.98. The highest BCUT2D eigenvalue weighted by molar-refractivity contribution is 7.89. The van der Waals surface area contributed by atoms with Crippen LogP contribution < -0.4 is 4.74 Å². The van der Waals surface area contributed by atoms with Crippen LogP contribution in [-0.2, 0) is 34.5 Å². The fourth-order valence-corrected chi connectivity index (χ4v) is 4.75. The Labute approximate surface area is 175 Å². The van der Waals surface area contributed by atoms with Gasteiger partial charge in [0.15, 0.2) is 0 Å². The van der Waals surface area contributed by atoms with Crippen molar-refractivity contribution in [2.45, 2.75) is 24.7 Å². The van der Waals surface area contributed by atoms with Gasteiger partial charge in [-0.15, -0.1) is 0 Å². The molecule has 156 valence electrons. The van der Waals surface area contributed by atoms with Crippen molar-refractivity contribution in [3.8, 4) is 5.75 Å². The van der Waals surface area contributed by atoms with E-state index in [2.05, 4.69) is 0 Å².